The van der Waals surface area contributed by atoms with Crippen molar-refractivity contribution in [2.24, 2.45) is 10.8 Å². The number of nitrogens with one attached hydrogen (secondary N) is 3. The Morgan fingerprint density at radius 2 is 2.03 bits per heavy atom. The molecule has 0 aromatic heterocycles. The van der Waals surface area contributed by atoms with Crippen LogP contribution in [0.3, 0.4) is 0 Å². The zero-order chi connectivity index (χ0) is 22.8. The highest BCUT2D eigenvalue weighted by Gasteiger charge is 2.20. The predicted octanol–water partition coefficient (Wildman–Crippen LogP) is 1.89. The highest BCUT2D eigenvalue weighted by atomic mass is 16.2. The number of rotatable bonds is 12. The van der Waals surface area contributed by atoms with Crippen LogP contribution in [0.5, 0.6) is 0 Å². The third kappa shape index (κ3) is 7.34. The predicted molar refractivity (Wildman–Crippen MR) is 128 cm³/mol. The van der Waals surface area contributed by atoms with Gasteiger partial charge in [0.05, 0.1) is 30.7 Å². The molecule has 0 saturated heterocycles. The van der Waals surface area contributed by atoms with Crippen LogP contribution in [0.4, 0.5) is 0 Å². The molecule has 8 nitrogen and oxygen atoms in total. The van der Waals surface area contributed by atoms with Crippen LogP contribution >= 0.6 is 0 Å². The Morgan fingerprint density at radius 3 is 2.65 bits per heavy atom. The molecule has 31 heavy (non-hydrogen) atoms. The maximum Gasteiger partial charge on any atom is 0.239 e. The first-order chi connectivity index (χ1) is 14.8. The molecule has 1 heterocycles. The molecule has 0 spiro atoms. The summed E-state index contributed by atoms with van der Waals surface area (Å²) in [5, 5.41) is 14.9. The quantitative estimate of drug-likeness (QED) is 0.177. The zero-order valence-electron chi connectivity index (χ0n) is 18.8. The fourth-order valence-corrected chi connectivity index (χ4v) is 3.30. The molecule has 0 fully saturated rings. The van der Waals surface area contributed by atoms with Gasteiger partial charge in [0.15, 0.2) is 0 Å². The van der Waals surface area contributed by atoms with Gasteiger partial charge in [0.1, 0.15) is 0 Å². The third-order valence-electron chi connectivity index (χ3n) is 5.19. The fraction of sp³-hybridized carbons (Fsp3) is 0.435. The summed E-state index contributed by atoms with van der Waals surface area (Å²) in [5.41, 5.74) is 3.92. The topological polar surface area (TPSA) is 110 Å². The van der Waals surface area contributed by atoms with E-state index >= 15 is 0 Å². The number of hydrazine groups is 1. The van der Waals surface area contributed by atoms with Gasteiger partial charge in [0.2, 0.25) is 5.91 Å². The van der Waals surface area contributed by atoms with E-state index in [-0.39, 0.29) is 24.5 Å². The second-order valence-corrected chi connectivity index (χ2v) is 7.74. The monoisotopic (exact) mass is 425 g/mol. The number of aryl methyl sites for hydroxylation is 1. The summed E-state index contributed by atoms with van der Waals surface area (Å²) < 4.78 is 0. The smallest absolute Gasteiger partial charge is 0.239 e. The molecule has 2 unspecified atom stereocenters. The Labute approximate surface area is 185 Å². The first-order valence-electron chi connectivity index (χ1n) is 10.6. The lowest BCUT2D eigenvalue weighted by atomic mass is 10.0. The van der Waals surface area contributed by atoms with Crippen LogP contribution in [0.1, 0.15) is 30.9 Å². The summed E-state index contributed by atoms with van der Waals surface area (Å²) in [6.07, 6.45) is 6.77. The SMILES string of the molecule is C=C(NCCCNC(=O)CN1C=NC(c2ccc(C)cc2)=CC1CC)C(C=N)N(C)N. The molecule has 5 N–H and O–H groups in total. The largest absolute Gasteiger partial charge is 0.387 e. The van der Waals surface area contributed by atoms with E-state index in [9.17, 15) is 4.79 Å². The maximum atomic E-state index is 12.4. The van der Waals surface area contributed by atoms with Crippen LogP contribution in [0.15, 0.2) is 47.6 Å². The van der Waals surface area contributed by atoms with Crippen LogP contribution < -0.4 is 16.5 Å². The van der Waals surface area contributed by atoms with Crippen LogP contribution in [0.2, 0.25) is 0 Å². The van der Waals surface area contributed by atoms with Crippen molar-refractivity contribution in [1.82, 2.24) is 20.5 Å². The van der Waals surface area contributed by atoms with Gasteiger partial charge in [-0.1, -0.05) is 43.3 Å². The van der Waals surface area contributed by atoms with E-state index in [1.54, 1.807) is 13.4 Å². The number of nitrogens with zero attached hydrogens (tertiary/aromatic N) is 3. The van der Waals surface area contributed by atoms with E-state index in [1.807, 2.05) is 4.90 Å². The van der Waals surface area contributed by atoms with Gasteiger partial charge in [0, 0.05) is 32.0 Å². The van der Waals surface area contributed by atoms with E-state index in [1.165, 1.54) is 16.8 Å². The summed E-state index contributed by atoms with van der Waals surface area (Å²) in [6.45, 7) is 9.55. The highest BCUT2D eigenvalue weighted by Crippen LogP contribution is 2.22. The molecule has 0 radical (unpaired) electrons. The molecule has 1 amide bonds. The van der Waals surface area contributed by atoms with E-state index in [4.69, 9.17) is 11.3 Å². The molecule has 168 valence electrons. The number of hydrogen-bond acceptors (Lipinski definition) is 7. The van der Waals surface area contributed by atoms with E-state index in [0.29, 0.717) is 18.8 Å². The van der Waals surface area contributed by atoms with Gasteiger partial charge < -0.3 is 20.9 Å². The molecular formula is C23H35N7O. The minimum Gasteiger partial charge on any atom is -0.387 e. The third-order valence-corrected chi connectivity index (χ3v) is 5.19. The van der Waals surface area contributed by atoms with Crippen molar-refractivity contribution in [3.8, 4) is 0 Å². The average Bonchev–Trinajstić information content (AvgIpc) is 2.74. The molecule has 0 saturated carbocycles. The van der Waals surface area contributed by atoms with Crippen molar-refractivity contribution < 1.29 is 4.79 Å². The first kappa shape index (κ1) is 24.3. The Morgan fingerprint density at radius 1 is 1.35 bits per heavy atom. The van der Waals surface area contributed by atoms with Crippen molar-refractivity contribution in [2.45, 2.75) is 38.8 Å². The van der Waals surface area contributed by atoms with Crippen molar-refractivity contribution in [1.29, 1.82) is 5.41 Å². The first-order valence-corrected chi connectivity index (χ1v) is 10.6. The van der Waals surface area contributed by atoms with Crippen LogP contribution in [-0.2, 0) is 4.79 Å². The zero-order valence-corrected chi connectivity index (χ0v) is 18.8. The van der Waals surface area contributed by atoms with E-state index in [2.05, 4.69) is 66.4 Å². The Balaban J connectivity index is 1.76. The number of carbonyl (C=O) groups excluding carboxylic acids is 1. The minimum atomic E-state index is -0.350. The van der Waals surface area contributed by atoms with Crippen LogP contribution in [0.25, 0.3) is 5.70 Å². The Hall–Kier alpha value is -2.97. The van der Waals surface area contributed by atoms with Gasteiger partial charge in [-0.3, -0.25) is 10.6 Å². The molecule has 1 aromatic carbocycles. The minimum absolute atomic E-state index is 0.0324. The number of benzene rings is 1. The number of nitrogens with two attached hydrogens (primary N) is 1. The van der Waals surface area contributed by atoms with Crippen molar-refractivity contribution in [2.75, 3.05) is 26.7 Å². The van der Waals surface area contributed by atoms with Gasteiger partial charge in [-0.15, -0.1) is 0 Å². The number of hydrogen-bond donors (Lipinski definition) is 4. The summed E-state index contributed by atoms with van der Waals surface area (Å²) in [5.74, 6) is 5.65. The van der Waals surface area contributed by atoms with Gasteiger partial charge >= 0.3 is 0 Å². The highest BCUT2D eigenvalue weighted by molar-refractivity contribution is 5.83. The normalized spacial score (nSPS) is 16.6. The molecule has 1 aliphatic rings. The van der Waals surface area contributed by atoms with Gasteiger partial charge in [-0.25, -0.2) is 10.0 Å². The van der Waals surface area contributed by atoms with Gasteiger partial charge in [0.25, 0.3) is 0 Å². The Bertz CT molecular complexity index is 814. The molecule has 2 atom stereocenters. The van der Waals surface area contributed by atoms with E-state index in [0.717, 1.165) is 24.1 Å². The Kier molecular flexibility index (Phi) is 9.42. The van der Waals surface area contributed by atoms with Crippen LogP contribution in [0, 0.1) is 12.3 Å². The summed E-state index contributed by atoms with van der Waals surface area (Å²) >= 11 is 0. The maximum absolute atomic E-state index is 12.4. The lowest BCUT2D eigenvalue weighted by Gasteiger charge is -2.29. The lowest BCUT2D eigenvalue weighted by Crippen LogP contribution is -2.44. The standard InChI is InChI=1S/C23H35N7O/c1-5-20-13-21(19-9-7-17(2)8-10-19)28-16-30(20)15-23(31)27-12-6-11-26-18(3)22(14-24)29(4)25/h7-10,13-14,16,20,22,24,26H,3,5-6,11-12,15,25H2,1-2,4H3,(H,27,31). The molecule has 0 bridgehead atoms. The van der Waals surface area contributed by atoms with Gasteiger partial charge in [-0.05, 0) is 31.4 Å². The van der Waals surface area contributed by atoms with E-state index < -0.39 is 0 Å². The second-order valence-electron chi connectivity index (χ2n) is 7.74. The molecule has 1 aromatic rings. The van der Waals surface area contributed by atoms with Crippen molar-refractivity contribution in [3.63, 3.8) is 0 Å². The van der Waals surface area contributed by atoms with Crippen molar-refractivity contribution in [3.05, 3.63) is 53.7 Å². The fourth-order valence-electron chi connectivity index (χ4n) is 3.30. The average molecular weight is 426 g/mol. The summed E-state index contributed by atoms with van der Waals surface area (Å²) in [4.78, 5) is 18.9. The number of likely N-dealkylation sites (N-methyl/N-ethyl adjacent to an activating group) is 1. The second kappa shape index (κ2) is 12.0. The summed E-state index contributed by atoms with van der Waals surface area (Å²) in [7, 11) is 1.69. The van der Waals surface area contributed by atoms with Crippen molar-refractivity contribution >= 4 is 24.2 Å². The lowest BCUT2D eigenvalue weighted by molar-refractivity contribution is -0.121. The number of aliphatic imine (C=N–C) groups is 1. The van der Waals surface area contributed by atoms with Crippen LogP contribution in [-0.4, -0.2) is 67.1 Å². The van der Waals surface area contributed by atoms with Gasteiger partial charge in [-0.2, -0.15) is 0 Å². The number of carbonyl (C=O) groups is 1. The molecular weight excluding hydrogens is 390 g/mol. The summed E-state index contributed by atoms with van der Waals surface area (Å²) in [6, 6.07) is 8.10. The molecule has 0 aliphatic carbocycles. The molecule has 2 rings (SSSR count). The molecule has 8 heteroatoms. The number of amides is 1. The molecule has 1 aliphatic heterocycles.